The number of amides is 1. The predicted octanol–water partition coefficient (Wildman–Crippen LogP) is 4.49. The van der Waals surface area contributed by atoms with Gasteiger partial charge in [0.25, 0.3) is 0 Å². The molecule has 1 aromatic heterocycles. The van der Waals surface area contributed by atoms with E-state index in [9.17, 15) is 9.59 Å². The highest BCUT2D eigenvalue weighted by Gasteiger charge is 2.12. The number of para-hydroxylation sites is 1. The third kappa shape index (κ3) is 5.65. The number of rotatable bonds is 7. The number of anilines is 3. The van der Waals surface area contributed by atoms with Crippen LogP contribution in [0.15, 0.2) is 66.9 Å². The highest BCUT2D eigenvalue weighted by Crippen LogP contribution is 2.22. The molecule has 0 aliphatic heterocycles. The van der Waals surface area contributed by atoms with E-state index in [0.29, 0.717) is 29.4 Å². The molecular formula is C23H23N3O3. The minimum Gasteiger partial charge on any atom is -0.462 e. The van der Waals surface area contributed by atoms with E-state index in [1.165, 1.54) is 0 Å². The van der Waals surface area contributed by atoms with Crippen LogP contribution in [0.4, 0.5) is 17.2 Å². The summed E-state index contributed by atoms with van der Waals surface area (Å²) >= 11 is 0. The van der Waals surface area contributed by atoms with Crippen molar-refractivity contribution in [1.82, 2.24) is 4.98 Å². The molecule has 148 valence electrons. The second-order valence-corrected chi connectivity index (χ2v) is 6.53. The van der Waals surface area contributed by atoms with Crippen molar-refractivity contribution in [1.29, 1.82) is 0 Å². The van der Waals surface area contributed by atoms with Crippen LogP contribution in [0.2, 0.25) is 0 Å². The summed E-state index contributed by atoms with van der Waals surface area (Å²) in [7, 11) is 0. The lowest BCUT2D eigenvalue weighted by Crippen LogP contribution is -2.15. The Hall–Kier alpha value is -3.67. The lowest BCUT2D eigenvalue weighted by Gasteiger charge is -2.11. The molecule has 1 amide bonds. The Kier molecular flexibility index (Phi) is 6.58. The Morgan fingerprint density at radius 1 is 1.00 bits per heavy atom. The summed E-state index contributed by atoms with van der Waals surface area (Å²) in [5.74, 6) is -0.0513. The third-order valence-electron chi connectivity index (χ3n) is 4.22. The number of esters is 1. The number of hydrogen-bond donors (Lipinski definition) is 2. The van der Waals surface area contributed by atoms with E-state index in [0.717, 1.165) is 11.1 Å². The number of aryl methyl sites for hydroxylation is 1. The number of carbonyl (C=O) groups excluding carboxylic acids is 2. The number of aromatic nitrogens is 1. The van der Waals surface area contributed by atoms with Gasteiger partial charge in [0.05, 0.1) is 36.2 Å². The summed E-state index contributed by atoms with van der Waals surface area (Å²) in [6.45, 7) is 4.09. The number of benzene rings is 2. The van der Waals surface area contributed by atoms with Crippen LogP contribution in [-0.4, -0.2) is 23.5 Å². The number of nitrogens with zero attached hydrogens (tertiary/aromatic N) is 1. The average molecular weight is 389 g/mol. The first-order valence-corrected chi connectivity index (χ1v) is 9.40. The van der Waals surface area contributed by atoms with Crippen molar-refractivity contribution in [2.75, 3.05) is 17.2 Å². The second kappa shape index (κ2) is 9.50. The molecule has 0 aliphatic rings. The molecule has 0 saturated carbocycles. The van der Waals surface area contributed by atoms with E-state index in [1.54, 1.807) is 43.5 Å². The number of ether oxygens (including phenoxy) is 1. The van der Waals surface area contributed by atoms with Gasteiger partial charge in [0.15, 0.2) is 0 Å². The van der Waals surface area contributed by atoms with Crippen LogP contribution >= 0.6 is 0 Å². The average Bonchev–Trinajstić information content (AvgIpc) is 2.72. The van der Waals surface area contributed by atoms with Crippen LogP contribution in [0.5, 0.6) is 0 Å². The van der Waals surface area contributed by atoms with Crippen LogP contribution < -0.4 is 10.6 Å². The zero-order valence-corrected chi connectivity index (χ0v) is 16.4. The normalized spacial score (nSPS) is 10.3. The van der Waals surface area contributed by atoms with Crippen molar-refractivity contribution >= 4 is 29.1 Å². The summed E-state index contributed by atoms with van der Waals surface area (Å²) in [5.41, 5.74) is 3.87. The van der Waals surface area contributed by atoms with Gasteiger partial charge in [0, 0.05) is 0 Å². The fraction of sp³-hybridized carbons (Fsp3) is 0.174. The minimum absolute atomic E-state index is 0.130. The molecule has 0 unspecified atom stereocenters. The zero-order chi connectivity index (χ0) is 20.6. The number of nitrogens with one attached hydrogen (secondary N) is 2. The van der Waals surface area contributed by atoms with Crippen molar-refractivity contribution < 1.29 is 14.3 Å². The van der Waals surface area contributed by atoms with Crippen molar-refractivity contribution in [3.8, 4) is 0 Å². The molecule has 29 heavy (non-hydrogen) atoms. The molecule has 6 heteroatoms. The van der Waals surface area contributed by atoms with Crippen LogP contribution in [0.25, 0.3) is 0 Å². The molecule has 0 fully saturated rings. The van der Waals surface area contributed by atoms with E-state index in [2.05, 4.69) is 15.6 Å². The molecule has 1 heterocycles. The second-order valence-electron chi connectivity index (χ2n) is 6.53. The van der Waals surface area contributed by atoms with E-state index in [-0.39, 0.29) is 18.3 Å². The molecule has 0 aliphatic carbocycles. The Morgan fingerprint density at radius 3 is 2.45 bits per heavy atom. The summed E-state index contributed by atoms with van der Waals surface area (Å²) in [6, 6.07) is 18.5. The van der Waals surface area contributed by atoms with Gasteiger partial charge >= 0.3 is 5.97 Å². The highest BCUT2D eigenvalue weighted by atomic mass is 16.5. The van der Waals surface area contributed by atoms with E-state index >= 15 is 0 Å². The Balaban J connectivity index is 1.63. The molecule has 0 saturated heterocycles. The quantitative estimate of drug-likeness (QED) is 0.582. The molecule has 0 atom stereocenters. The first-order chi connectivity index (χ1) is 14.0. The first-order valence-electron chi connectivity index (χ1n) is 9.40. The molecule has 3 rings (SSSR count). The monoisotopic (exact) mass is 389 g/mol. The van der Waals surface area contributed by atoms with E-state index in [1.807, 2.05) is 37.3 Å². The third-order valence-corrected chi connectivity index (χ3v) is 4.22. The van der Waals surface area contributed by atoms with Crippen LogP contribution in [0.3, 0.4) is 0 Å². The molecular weight excluding hydrogens is 366 g/mol. The summed E-state index contributed by atoms with van der Waals surface area (Å²) < 4.78 is 5.08. The summed E-state index contributed by atoms with van der Waals surface area (Å²) in [6.07, 6.45) is 1.89. The fourth-order valence-electron chi connectivity index (χ4n) is 2.75. The SMILES string of the molecule is CCOC(=O)c1ccccc1Nc1ccc(NC(=O)Cc2ccc(C)cc2)nc1. The molecule has 0 radical (unpaired) electrons. The first kappa shape index (κ1) is 20.1. The summed E-state index contributed by atoms with van der Waals surface area (Å²) in [5, 5.41) is 5.95. The zero-order valence-electron chi connectivity index (χ0n) is 16.4. The maximum absolute atomic E-state index is 12.2. The number of carbonyl (C=O) groups is 2. The maximum atomic E-state index is 12.2. The number of pyridine rings is 1. The van der Waals surface area contributed by atoms with Crippen molar-refractivity contribution in [3.63, 3.8) is 0 Å². The molecule has 2 aromatic carbocycles. The van der Waals surface area contributed by atoms with Crippen molar-refractivity contribution in [2.45, 2.75) is 20.3 Å². The van der Waals surface area contributed by atoms with Crippen LogP contribution in [0, 0.1) is 6.92 Å². The van der Waals surface area contributed by atoms with Crippen LogP contribution in [-0.2, 0) is 16.0 Å². The van der Waals surface area contributed by atoms with Gasteiger partial charge in [0.1, 0.15) is 5.82 Å². The lowest BCUT2D eigenvalue weighted by molar-refractivity contribution is -0.115. The fourth-order valence-corrected chi connectivity index (χ4v) is 2.75. The molecule has 6 nitrogen and oxygen atoms in total. The van der Waals surface area contributed by atoms with Gasteiger partial charge in [-0.3, -0.25) is 4.79 Å². The van der Waals surface area contributed by atoms with E-state index < -0.39 is 0 Å². The van der Waals surface area contributed by atoms with Gasteiger partial charge in [-0.05, 0) is 43.7 Å². The van der Waals surface area contributed by atoms with Gasteiger partial charge < -0.3 is 15.4 Å². The smallest absolute Gasteiger partial charge is 0.340 e. The number of hydrogen-bond acceptors (Lipinski definition) is 5. The molecule has 0 spiro atoms. The predicted molar refractivity (Wildman–Crippen MR) is 113 cm³/mol. The Bertz CT molecular complexity index is 983. The standard InChI is InChI=1S/C23H23N3O3/c1-3-29-23(28)19-6-4-5-7-20(19)25-18-12-13-21(24-15-18)26-22(27)14-17-10-8-16(2)9-11-17/h4-13,15,25H,3,14H2,1-2H3,(H,24,26,27). The summed E-state index contributed by atoms with van der Waals surface area (Å²) in [4.78, 5) is 28.6. The van der Waals surface area contributed by atoms with Crippen molar-refractivity contribution in [3.05, 3.63) is 83.6 Å². The van der Waals surface area contributed by atoms with Gasteiger partial charge in [0.2, 0.25) is 5.91 Å². The van der Waals surface area contributed by atoms with Crippen molar-refractivity contribution in [2.24, 2.45) is 0 Å². The maximum Gasteiger partial charge on any atom is 0.340 e. The topological polar surface area (TPSA) is 80.3 Å². The molecule has 0 bridgehead atoms. The minimum atomic E-state index is -0.386. The van der Waals surface area contributed by atoms with Gasteiger partial charge in [-0.2, -0.15) is 0 Å². The van der Waals surface area contributed by atoms with E-state index in [4.69, 9.17) is 4.74 Å². The Labute approximate surface area is 169 Å². The molecule has 2 N–H and O–H groups in total. The largest absolute Gasteiger partial charge is 0.462 e. The van der Waals surface area contributed by atoms with Gasteiger partial charge in [-0.1, -0.05) is 42.0 Å². The highest BCUT2D eigenvalue weighted by molar-refractivity contribution is 5.96. The Morgan fingerprint density at radius 2 is 1.76 bits per heavy atom. The van der Waals surface area contributed by atoms with Gasteiger partial charge in [-0.15, -0.1) is 0 Å². The van der Waals surface area contributed by atoms with Crippen LogP contribution in [0.1, 0.15) is 28.4 Å². The molecule has 3 aromatic rings. The van der Waals surface area contributed by atoms with Gasteiger partial charge in [-0.25, -0.2) is 9.78 Å². The lowest BCUT2D eigenvalue weighted by atomic mass is 10.1.